The molecule has 3 aromatic carbocycles. The molecule has 0 amide bonds. The molecule has 1 aromatic heterocycles. The third kappa shape index (κ3) is 7.50. The summed E-state index contributed by atoms with van der Waals surface area (Å²) in [6, 6.07) is 17.8. The fourth-order valence-corrected chi connectivity index (χ4v) is 7.68. The maximum atomic E-state index is 13.9. The summed E-state index contributed by atoms with van der Waals surface area (Å²) in [5, 5.41) is 10.0. The molecule has 242 valence electrons. The molecule has 0 aliphatic rings. The summed E-state index contributed by atoms with van der Waals surface area (Å²) in [7, 11) is -7.11. The Morgan fingerprint density at radius 1 is 0.935 bits per heavy atom. The quantitative estimate of drug-likeness (QED) is 0.170. The van der Waals surface area contributed by atoms with Gasteiger partial charge in [-0.15, -0.1) is 0 Å². The van der Waals surface area contributed by atoms with E-state index < -0.39 is 39.1 Å². The monoisotopic (exact) mass is 686 g/mol. The highest BCUT2D eigenvalue weighted by molar-refractivity contribution is 7.92. The number of methoxy groups -OCH3 is 1. The van der Waals surface area contributed by atoms with Gasteiger partial charge in [0.25, 0.3) is 10.0 Å². The van der Waals surface area contributed by atoms with Gasteiger partial charge in [0.15, 0.2) is 0 Å². The van der Waals surface area contributed by atoms with Crippen LogP contribution < -0.4 is 9.04 Å². The number of hydrogen-bond donors (Lipinski definition) is 1. The van der Waals surface area contributed by atoms with Gasteiger partial charge in [-0.25, -0.2) is 16.8 Å². The van der Waals surface area contributed by atoms with Crippen LogP contribution in [-0.4, -0.2) is 65.2 Å². The van der Waals surface area contributed by atoms with Crippen molar-refractivity contribution >= 4 is 55.7 Å². The van der Waals surface area contributed by atoms with E-state index in [0.717, 1.165) is 8.61 Å². The minimum absolute atomic E-state index is 0.0127. The molecule has 14 heteroatoms. The first-order chi connectivity index (χ1) is 21.8. The van der Waals surface area contributed by atoms with E-state index in [0.29, 0.717) is 34.5 Å². The fourth-order valence-electron chi connectivity index (χ4n) is 4.67. The predicted octanol–water partition coefficient (Wildman–Crippen LogP) is 5.49. The van der Waals surface area contributed by atoms with Crippen molar-refractivity contribution in [1.29, 1.82) is 0 Å². The molecule has 0 fully saturated rings. The highest BCUT2D eigenvalue weighted by Crippen LogP contribution is 2.35. The van der Waals surface area contributed by atoms with Crippen molar-refractivity contribution in [3.8, 4) is 17.1 Å². The normalized spacial score (nSPS) is 12.2. The number of furan rings is 1. The number of ether oxygens (including phenoxy) is 1. The number of carbonyl (C=O) groups is 2. The fraction of sp³-hybridized carbons (Fsp3) is 0.188. The number of carbonyl (C=O) groups excluding carboxylic acids is 1. The number of aldehydes is 1. The van der Waals surface area contributed by atoms with Crippen LogP contribution in [0.1, 0.15) is 18.1 Å². The zero-order valence-electron chi connectivity index (χ0n) is 25.1. The summed E-state index contributed by atoms with van der Waals surface area (Å²) < 4.78 is 67.0. The molecule has 0 aliphatic heterocycles. The van der Waals surface area contributed by atoms with Crippen LogP contribution in [0.2, 0.25) is 5.02 Å². The maximum Gasteiger partial charge on any atom is 0.324 e. The lowest BCUT2D eigenvalue weighted by atomic mass is 10.0. The number of anilines is 1. The van der Waals surface area contributed by atoms with E-state index in [1.54, 1.807) is 38.1 Å². The molecular formula is C32H31ClN2O9S2. The van der Waals surface area contributed by atoms with Crippen molar-refractivity contribution in [2.24, 2.45) is 0 Å². The third-order valence-electron chi connectivity index (χ3n) is 7.01. The largest absolute Gasteiger partial charge is 0.497 e. The number of nitrogens with zero attached hydrogens (tertiary/aromatic N) is 2. The van der Waals surface area contributed by atoms with Gasteiger partial charge in [-0.3, -0.25) is 9.10 Å². The molecule has 46 heavy (non-hydrogen) atoms. The Morgan fingerprint density at radius 2 is 1.57 bits per heavy atom. The highest BCUT2D eigenvalue weighted by Gasteiger charge is 2.30. The maximum absolute atomic E-state index is 13.9. The van der Waals surface area contributed by atoms with Crippen molar-refractivity contribution in [1.82, 2.24) is 4.31 Å². The second-order valence-electron chi connectivity index (χ2n) is 10.1. The first-order valence-corrected chi connectivity index (χ1v) is 17.0. The lowest BCUT2D eigenvalue weighted by molar-refractivity contribution is -0.135. The summed E-state index contributed by atoms with van der Waals surface area (Å²) >= 11 is 6.42. The SMILES string of the molecule is COc1ccc(S(=O)(=O)N(CC=O)C/C(C)=C/c2c(N(CC(=O)O)S(=O)(=O)c3ccc(-c4ccco4)cc3)ccc(Cl)c2C)cc1. The van der Waals surface area contributed by atoms with Crippen molar-refractivity contribution in [2.75, 3.05) is 31.0 Å². The summed E-state index contributed by atoms with van der Waals surface area (Å²) in [6.45, 7) is 1.64. The molecule has 1 heterocycles. The zero-order valence-corrected chi connectivity index (χ0v) is 27.5. The average Bonchev–Trinajstić information content (AvgIpc) is 3.57. The Hall–Kier alpha value is -4.43. The van der Waals surface area contributed by atoms with Crippen molar-refractivity contribution in [2.45, 2.75) is 23.6 Å². The van der Waals surface area contributed by atoms with Crippen LogP contribution in [0.15, 0.2) is 98.8 Å². The van der Waals surface area contributed by atoms with Crippen molar-refractivity contribution < 1.29 is 40.7 Å². The van der Waals surface area contributed by atoms with Gasteiger partial charge >= 0.3 is 5.97 Å². The van der Waals surface area contributed by atoms with E-state index in [1.165, 1.54) is 68.0 Å². The lowest BCUT2D eigenvalue weighted by Gasteiger charge is -2.26. The first kappa shape index (κ1) is 34.4. The number of rotatable bonds is 14. The van der Waals surface area contributed by atoms with Crippen LogP contribution in [0.3, 0.4) is 0 Å². The molecule has 4 rings (SSSR count). The van der Waals surface area contributed by atoms with Crippen LogP contribution in [0, 0.1) is 6.92 Å². The van der Waals surface area contributed by atoms with Gasteiger partial charge in [-0.05, 0) is 92.2 Å². The molecule has 0 atom stereocenters. The Labute approximate surface area is 272 Å². The van der Waals surface area contributed by atoms with E-state index in [-0.39, 0.29) is 32.6 Å². The standard InChI is InChI=1S/C32H31ClN2O9S2/c1-22(20-34(16-17-36)45(39,40)26-12-8-25(43-3)9-13-26)19-28-23(2)29(33)14-15-30(28)35(21-32(37)38)46(41,42)27-10-6-24(7-11-27)31-5-4-18-44-31/h4-15,17-19H,16,20-21H2,1-3H3,(H,37,38)/b22-19+. The molecule has 0 unspecified atom stereocenters. The van der Waals surface area contributed by atoms with E-state index in [1.807, 2.05) is 0 Å². The number of carboxylic acid groups (broad SMARTS) is 1. The van der Waals surface area contributed by atoms with Crippen molar-refractivity contribution in [3.05, 3.63) is 101 Å². The van der Waals surface area contributed by atoms with Crippen LogP contribution in [0.25, 0.3) is 17.4 Å². The third-order valence-corrected chi connectivity index (χ3v) is 11.0. The van der Waals surface area contributed by atoms with Gasteiger partial charge in [0.2, 0.25) is 10.0 Å². The number of hydrogen-bond acceptors (Lipinski definition) is 8. The molecule has 0 aliphatic carbocycles. The molecule has 11 nitrogen and oxygen atoms in total. The number of aliphatic carboxylic acids is 1. The van der Waals surface area contributed by atoms with E-state index in [4.69, 9.17) is 20.8 Å². The second kappa shape index (κ2) is 14.3. The lowest BCUT2D eigenvalue weighted by Crippen LogP contribution is -2.36. The minimum atomic E-state index is -4.43. The van der Waals surface area contributed by atoms with Gasteiger partial charge in [0.05, 0.1) is 35.4 Å². The Morgan fingerprint density at radius 3 is 2.13 bits per heavy atom. The summed E-state index contributed by atoms with van der Waals surface area (Å²) in [5.74, 6) is -0.423. The van der Waals surface area contributed by atoms with Crippen molar-refractivity contribution in [3.63, 3.8) is 0 Å². The van der Waals surface area contributed by atoms with Crippen LogP contribution in [0.5, 0.6) is 5.75 Å². The van der Waals surface area contributed by atoms with E-state index in [2.05, 4.69) is 0 Å². The summed E-state index contributed by atoms with van der Waals surface area (Å²) in [6.07, 6.45) is 3.48. The highest BCUT2D eigenvalue weighted by atomic mass is 35.5. The van der Waals surface area contributed by atoms with E-state index >= 15 is 0 Å². The van der Waals surface area contributed by atoms with Gasteiger partial charge in [-0.1, -0.05) is 23.3 Å². The smallest absolute Gasteiger partial charge is 0.324 e. The molecule has 0 saturated carbocycles. The van der Waals surface area contributed by atoms with Gasteiger partial charge in [0.1, 0.15) is 24.3 Å². The molecular weight excluding hydrogens is 656 g/mol. The van der Waals surface area contributed by atoms with Gasteiger partial charge in [0, 0.05) is 22.7 Å². The Bertz CT molecular complexity index is 1960. The van der Waals surface area contributed by atoms with Crippen LogP contribution in [-0.2, 0) is 29.6 Å². The molecule has 0 radical (unpaired) electrons. The predicted molar refractivity (Wildman–Crippen MR) is 174 cm³/mol. The molecule has 0 spiro atoms. The molecule has 0 bridgehead atoms. The Kier molecular flexibility index (Phi) is 10.7. The zero-order chi connectivity index (χ0) is 33.6. The van der Waals surface area contributed by atoms with Gasteiger partial charge in [-0.2, -0.15) is 4.31 Å². The first-order valence-electron chi connectivity index (χ1n) is 13.7. The molecule has 4 aromatic rings. The Balaban J connectivity index is 1.76. The molecule has 1 N–H and O–H groups in total. The average molecular weight is 687 g/mol. The van der Waals surface area contributed by atoms with Crippen LogP contribution >= 0.6 is 11.6 Å². The van der Waals surface area contributed by atoms with Crippen LogP contribution in [0.4, 0.5) is 5.69 Å². The minimum Gasteiger partial charge on any atom is -0.497 e. The summed E-state index contributed by atoms with van der Waals surface area (Å²) in [4.78, 5) is 23.3. The van der Waals surface area contributed by atoms with E-state index in [9.17, 15) is 31.5 Å². The number of halogens is 1. The number of sulfonamides is 2. The second-order valence-corrected chi connectivity index (χ2v) is 14.4. The number of carboxylic acids is 1. The number of benzene rings is 3. The molecule has 0 saturated heterocycles. The summed E-state index contributed by atoms with van der Waals surface area (Å²) in [5.41, 5.74) is 1.74. The van der Waals surface area contributed by atoms with Gasteiger partial charge < -0.3 is 19.1 Å². The topological polar surface area (TPSA) is 152 Å².